The largest absolute Gasteiger partial charge is 0.352 e. The Labute approximate surface area is 161 Å². The zero-order chi connectivity index (χ0) is 15.4. The summed E-state index contributed by atoms with van der Waals surface area (Å²) < 4.78 is 0. The van der Waals surface area contributed by atoms with Gasteiger partial charge in [0.1, 0.15) is 5.15 Å². The van der Waals surface area contributed by atoms with Crippen LogP contribution in [0.1, 0.15) is 44.1 Å². The van der Waals surface area contributed by atoms with Gasteiger partial charge in [-0.15, -0.1) is 24.0 Å². The van der Waals surface area contributed by atoms with E-state index in [1.54, 1.807) is 0 Å². The van der Waals surface area contributed by atoms with Crippen LogP contribution in [-0.4, -0.2) is 36.0 Å². The Kier molecular flexibility index (Phi) is 6.95. The van der Waals surface area contributed by atoms with Gasteiger partial charge in [0.25, 0.3) is 0 Å². The van der Waals surface area contributed by atoms with Crippen LogP contribution < -0.4 is 5.32 Å². The van der Waals surface area contributed by atoms with Gasteiger partial charge in [0.2, 0.25) is 0 Å². The van der Waals surface area contributed by atoms with Gasteiger partial charge in [-0.3, -0.25) is 4.99 Å². The summed E-state index contributed by atoms with van der Waals surface area (Å²) in [5.41, 5.74) is 1.68. The first kappa shape index (κ1) is 18.8. The van der Waals surface area contributed by atoms with E-state index in [9.17, 15) is 0 Å². The van der Waals surface area contributed by atoms with Crippen molar-refractivity contribution < 1.29 is 0 Å². The molecule has 1 aliphatic carbocycles. The summed E-state index contributed by atoms with van der Waals surface area (Å²) in [6.45, 7) is 3.02. The zero-order valence-corrected chi connectivity index (χ0v) is 16.8. The number of aliphatic imine (C=N–C) groups is 1. The molecule has 1 aliphatic heterocycles. The SMILES string of the molecule is CN=C(NCc1ccc(Cl)nc1)N1CCC2(CCCCC2)C1.I. The molecule has 0 aromatic carbocycles. The Bertz CT molecular complexity index is 526. The average molecular weight is 449 g/mol. The fraction of sp³-hybridized carbons (Fsp3) is 0.647. The molecule has 1 saturated heterocycles. The maximum atomic E-state index is 5.82. The van der Waals surface area contributed by atoms with Crippen LogP contribution in [-0.2, 0) is 6.54 Å². The van der Waals surface area contributed by atoms with Crippen molar-refractivity contribution in [1.29, 1.82) is 0 Å². The van der Waals surface area contributed by atoms with Crippen molar-refractivity contribution in [3.63, 3.8) is 0 Å². The third-order valence-electron chi connectivity index (χ3n) is 5.10. The van der Waals surface area contributed by atoms with Gasteiger partial charge < -0.3 is 10.2 Å². The Morgan fingerprint density at radius 3 is 2.74 bits per heavy atom. The van der Waals surface area contributed by atoms with Crippen molar-refractivity contribution in [2.24, 2.45) is 10.4 Å². The van der Waals surface area contributed by atoms with Crippen molar-refractivity contribution >= 4 is 41.5 Å². The van der Waals surface area contributed by atoms with Gasteiger partial charge in [-0.25, -0.2) is 4.98 Å². The van der Waals surface area contributed by atoms with E-state index in [2.05, 4.69) is 20.2 Å². The number of halogens is 2. The number of nitrogens with zero attached hydrogens (tertiary/aromatic N) is 3. The number of likely N-dealkylation sites (tertiary alicyclic amines) is 1. The lowest BCUT2D eigenvalue weighted by molar-refractivity contribution is 0.203. The molecule has 1 aromatic rings. The van der Waals surface area contributed by atoms with E-state index in [4.69, 9.17) is 11.6 Å². The van der Waals surface area contributed by atoms with Crippen LogP contribution in [0.4, 0.5) is 0 Å². The van der Waals surface area contributed by atoms with Crippen LogP contribution in [0.15, 0.2) is 23.3 Å². The normalized spacial score (nSPS) is 20.4. The van der Waals surface area contributed by atoms with Gasteiger partial charge in [-0.1, -0.05) is 36.9 Å². The summed E-state index contributed by atoms with van der Waals surface area (Å²) in [6.07, 6.45) is 10.1. The number of aromatic nitrogens is 1. The van der Waals surface area contributed by atoms with Crippen molar-refractivity contribution in [1.82, 2.24) is 15.2 Å². The Balaban J connectivity index is 0.00000192. The van der Waals surface area contributed by atoms with Gasteiger partial charge in [0.05, 0.1) is 0 Å². The maximum absolute atomic E-state index is 5.82. The summed E-state index contributed by atoms with van der Waals surface area (Å²) in [5, 5.41) is 4.00. The number of rotatable bonds is 2. The predicted octanol–water partition coefficient (Wildman–Crippen LogP) is 4.08. The van der Waals surface area contributed by atoms with E-state index in [1.165, 1.54) is 38.5 Å². The molecule has 2 aliphatic rings. The first-order chi connectivity index (χ1) is 10.7. The molecule has 0 amide bonds. The minimum Gasteiger partial charge on any atom is -0.352 e. The molecule has 1 N–H and O–H groups in total. The van der Waals surface area contributed by atoms with Gasteiger partial charge in [0, 0.05) is 32.9 Å². The first-order valence-corrected chi connectivity index (χ1v) is 8.65. The van der Waals surface area contributed by atoms with Gasteiger partial charge in [0.15, 0.2) is 5.96 Å². The molecule has 3 rings (SSSR count). The fourth-order valence-electron chi connectivity index (χ4n) is 3.85. The molecule has 0 atom stereocenters. The third-order valence-corrected chi connectivity index (χ3v) is 5.33. The molecule has 1 saturated carbocycles. The third kappa shape index (κ3) is 4.72. The second kappa shape index (κ2) is 8.51. The average Bonchev–Trinajstić information content (AvgIpc) is 2.94. The van der Waals surface area contributed by atoms with Crippen LogP contribution in [0, 0.1) is 5.41 Å². The lowest BCUT2D eigenvalue weighted by Crippen LogP contribution is -2.41. The molecule has 6 heteroatoms. The molecule has 2 fully saturated rings. The lowest BCUT2D eigenvalue weighted by Gasteiger charge is -2.33. The van der Waals surface area contributed by atoms with Crippen LogP contribution in [0.2, 0.25) is 5.15 Å². The molecule has 0 radical (unpaired) electrons. The number of hydrogen-bond acceptors (Lipinski definition) is 2. The number of guanidine groups is 1. The lowest BCUT2D eigenvalue weighted by atomic mass is 9.73. The van der Waals surface area contributed by atoms with Crippen molar-refractivity contribution in [2.75, 3.05) is 20.1 Å². The minimum absolute atomic E-state index is 0. The number of nitrogens with one attached hydrogen (secondary N) is 1. The number of pyridine rings is 1. The molecule has 23 heavy (non-hydrogen) atoms. The highest BCUT2D eigenvalue weighted by Gasteiger charge is 2.39. The maximum Gasteiger partial charge on any atom is 0.193 e. The van der Waals surface area contributed by atoms with E-state index in [1.807, 2.05) is 25.4 Å². The second-order valence-corrected chi connectivity index (χ2v) is 7.01. The summed E-state index contributed by atoms with van der Waals surface area (Å²) in [6, 6.07) is 3.83. The van der Waals surface area contributed by atoms with Crippen LogP contribution in [0.5, 0.6) is 0 Å². The molecular formula is C17H26ClIN4. The topological polar surface area (TPSA) is 40.5 Å². The van der Waals surface area contributed by atoms with E-state index in [-0.39, 0.29) is 24.0 Å². The summed E-state index contributed by atoms with van der Waals surface area (Å²) in [5.74, 6) is 1.01. The zero-order valence-electron chi connectivity index (χ0n) is 13.7. The van der Waals surface area contributed by atoms with E-state index in [0.717, 1.165) is 31.2 Å². The molecule has 1 aromatic heterocycles. The summed E-state index contributed by atoms with van der Waals surface area (Å²) in [7, 11) is 1.87. The molecule has 1 spiro atoms. The van der Waals surface area contributed by atoms with Gasteiger partial charge >= 0.3 is 0 Å². The Morgan fingerprint density at radius 1 is 1.30 bits per heavy atom. The second-order valence-electron chi connectivity index (χ2n) is 6.62. The molecule has 0 unspecified atom stereocenters. The smallest absolute Gasteiger partial charge is 0.193 e. The molecular weight excluding hydrogens is 423 g/mol. The van der Waals surface area contributed by atoms with E-state index >= 15 is 0 Å². The fourth-order valence-corrected chi connectivity index (χ4v) is 3.96. The first-order valence-electron chi connectivity index (χ1n) is 8.27. The van der Waals surface area contributed by atoms with Gasteiger partial charge in [-0.05, 0) is 36.3 Å². The standard InChI is InChI=1S/C17H25ClN4.HI/c1-19-16(21-12-14-5-6-15(18)20-11-14)22-10-9-17(13-22)7-3-2-4-8-17;/h5-6,11H,2-4,7-10,12-13H2,1H3,(H,19,21);1H. The molecule has 4 nitrogen and oxygen atoms in total. The van der Waals surface area contributed by atoms with Crippen LogP contribution >= 0.6 is 35.6 Å². The predicted molar refractivity (Wildman–Crippen MR) is 107 cm³/mol. The highest BCUT2D eigenvalue weighted by atomic mass is 127. The summed E-state index contributed by atoms with van der Waals surface area (Å²) in [4.78, 5) is 11.0. The Hall–Kier alpha value is -0.560. The molecule has 2 heterocycles. The van der Waals surface area contributed by atoms with Crippen LogP contribution in [0.25, 0.3) is 0 Å². The quantitative estimate of drug-likeness (QED) is 0.321. The van der Waals surface area contributed by atoms with Crippen molar-refractivity contribution in [2.45, 2.75) is 45.1 Å². The summed E-state index contributed by atoms with van der Waals surface area (Å²) >= 11 is 5.82. The van der Waals surface area contributed by atoms with Gasteiger partial charge in [-0.2, -0.15) is 0 Å². The minimum atomic E-state index is 0. The monoisotopic (exact) mass is 448 g/mol. The van der Waals surface area contributed by atoms with Crippen molar-refractivity contribution in [3.05, 3.63) is 29.0 Å². The molecule has 128 valence electrons. The van der Waals surface area contributed by atoms with Crippen molar-refractivity contribution in [3.8, 4) is 0 Å². The van der Waals surface area contributed by atoms with E-state index < -0.39 is 0 Å². The highest BCUT2D eigenvalue weighted by molar-refractivity contribution is 14.0. The van der Waals surface area contributed by atoms with Crippen LogP contribution in [0.3, 0.4) is 0 Å². The molecule has 0 bridgehead atoms. The highest BCUT2D eigenvalue weighted by Crippen LogP contribution is 2.43. The van der Waals surface area contributed by atoms with E-state index in [0.29, 0.717) is 10.6 Å². The number of hydrogen-bond donors (Lipinski definition) is 1. The Morgan fingerprint density at radius 2 is 2.09 bits per heavy atom.